The minimum atomic E-state index is -1.11. The van der Waals surface area contributed by atoms with Crippen molar-refractivity contribution in [3.63, 3.8) is 0 Å². The molecule has 4 atom stereocenters. The normalized spacial score (nSPS) is 22.4. The number of aliphatic carboxylic acids is 1. The Morgan fingerprint density at radius 3 is 2.28 bits per heavy atom. The van der Waals surface area contributed by atoms with E-state index in [0.29, 0.717) is 44.5 Å². The van der Waals surface area contributed by atoms with Gasteiger partial charge in [-0.2, -0.15) is 11.8 Å². The van der Waals surface area contributed by atoms with E-state index in [4.69, 9.17) is 11.5 Å². The molecular formula is C20H33N5O6S. The minimum absolute atomic E-state index is 0.0188. The molecule has 0 spiro atoms. The zero-order valence-electron chi connectivity index (χ0n) is 18.3. The van der Waals surface area contributed by atoms with Gasteiger partial charge < -0.3 is 31.7 Å². The molecule has 2 rings (SSSR count). The average Bonchev–Trinajstić information content (AvgIpc) is 3.43. The van der Waals surface area contributed by atoms with E-state index in [1.165, 1.54) is 21.6 Å². The molecule has 32 heavy (non-hydrogen) atoms. The SMILES string of the molecule is CSCCC(NC(=O)C1CCCN1C(=O)C1CCCN1C(=O)C(N)CCC(N)=O)C(=O)O. The molecule has 11 nitrogen and oxygen atoms in total. The predicted molar refractivity (Wildman–Crippen MR) is 118 cm³/mol. The van der Waals surface area contributed by atoms with Gasteiger partial charge in [0.15, 0.2) is 0 Å². The van der Waals surface area contributed by atoms with Gasteiger partial charge in [0, 0.05) is 19.5 Å². The highest BCUT2D eigenvalue weighted by atomic mass is 32.2. The molecule has 0 saturated carbocycles. The van der Waals surface area contributed by atoms with Crippen molar-refractivity contribution in [3.8, 4) is 0 Å². The Bertz CT molecular complexity index is 735. The molecule has 0 aromatic heterocycles. The smallest absolute Gasteiger partial charge is 0.326 e. The molecule has 0 aromatic carbocycles. The molecule has 2 aliphatic heterocycles. The fourth-order valence-electron chi connectivity index (χ4n) is 4.18. The van der Waals surface area contributed by atoms with Gasteiger partial charge in [-0.15, -0.1) is 0 Å². The summed E-state index contributed by atoms with van der Waals surface area (Å²) in [5.41, 5.74) is 11.0. The summed E-state index contributed by atoms with van der Waals surface area (Å²) >= 11 is 1.49. The molecule has 4 unspecified atom stereocenters. The number of hydrogen-bond donors (Lipinski definition) is 4. The first-order valence-corrected chi connectivity index (χ1v) is 12.2. The zero-order chi connectivity index (χ0) is 23.8. The molecule has 0 aromatic rings. The molecule has 4 amide bonds. The van der Waals surface area contributed by atoms with Crippen LogP contribution in [0.5, 0.6) is 0 Å². The van der Waals surface area contributed by atoms with Crippen molar-refractivity contribution in [1.82, 2.24) is 15.1 Å². The van der Waals surface area contributed by atoms with Crippen molar-refractivity contribution >= 4 is 41.4 Å². The number of carboxylic acids is 1. The number of nitrogens with one attached hydrogen (secondary N) is 1. The fourth-order valence-corrected chi connectivity index (χ4v) is 4.65. The molecule has 2 fully saturated rings. The first-order chi connectivity index (χ1) is 15.2. The van der Waals surface area contributed by atoms with Crippen LogP contribution in [0.4, 0.5) is 0 Å². The number of primary amides is 1. The molecule has 0 bridgehead atoms. The number of rotatable bonds is 11. The summed E-state index contributed by atoms with van der Waals surface area (Å²) in [7, 11) is 0. The summed E-state index contributed by atoms with van der Waals surface area (Å²) in [5, 5.41) is 11.9. The summed E-state index contributed by atoms with van der Waals surface area (Å²) in [4.78, 5) is 64.2. The van der Waals surface area contributed by atoms with E-state index in [1.54, 1.807) is 0 Å². The molecule has 12 heteroatoms. The number of thioether (sulfide) groups is 1. The Morgan fingerprint density at radius 1 is 1.06 bits per heavy atom. The highest BCUT2D eigenvalue weighted by molar-refractivity contribution is 7.98. The van der Waals surface area contributed by atoms with Crippen molar-refractivity contribution in [3.05, 3.63) is 0 Å². The van der Waals surface area contributed by atoms with Crippen LogP contribution in [0.1, 0.15) is 44.9 Å². The number of amides is 4. The lowest BCUT2D eigenvalue weighted by molar-refractivity contribution is -0.148. The quantitative estimate of drug-likeness (QED) is 0.293. The van der Waals surface area contributed by atoms with E-state index in [-0.39, 0.29) is 25.2 Å². The number of carboxylic acid groups (broad SMARTS) is 1. The molecule has 2 aliphatic rings. The van der Waals surface area contributed by atoms with Crippen molar-refractivity contribution < 1.29 is 29.1 Å². The maximum absolute atomic E-state index is 13.3. The lowest BCUT2D eigenvalue weighted by atomic mass is 10.1. The highest BCUT2D eigenvalue weighted by Gasteiger charge is 2.43. The predicted octanol–water partition coefficient (Wildman–Crippen LogP) is -1.12. The van der Waals surface area contributed by atoms with E-state index in [2.05, 4.69) is 5.32 Å². The first kappa shape index (κ1) is 25.9. The molecule has 2 heterocycles. The summed E-state index contributed by atoms with van der Waals surface area (Å²) in [6.45, 7) is 0.742. The van der Waals surface area contributed by atoms with Gasteiger partial charge in [0.05, 0.1) is 6.04 Å². The van der Waals surface area contributed by atoms with E-state index >= 15 is 0 Å². The molecule has 0 radical (unpaired) electrons. The third-order valence-corrected chi connectivity index (χ3v) is 6.55. The van der Waals surface area contributed by atoms with Crippen LogP contribution in [0.15, 0.2) is 0 Å². The number of carbonyl (C=O) groups is 5. The summed E-state index contributed by atoms with van der Waals surface area (Å²) in [6.07, 6.45) is 4.37. The lowest BCUT2D eigenvalue weighted by Crippen LogP contribution is -2.56. The second-order valence-corrected chi connectivity index (χ2v) is 9.16. The molecule has 180 valence electrons. The Kier molecular flexibility index (Phi) is 9.76. The standard InChI is InChI=1S/C20H33N5O6S/c1-32-11-8-13(20(30)31)23-17(27)14-4-2-9-24(14)19(29)15-5-3-10-25(15)18(28)12(21)6-7-16(22)26/h12-15H,2-11,21H2,1H3,(H2,22,26)(H,23,27)(H,30,31). The van der Waals surface area contributed by atoms with Crippen LogP contribution in [-0.4, -0.2) is 93.8 Å². The summed E-state index contributed by atoms with van der Waals surface area (Å²) in [5.74, 6) is -2.30. The zero-order valence-corrected chi connectivity index (χ0v) is 19.1. The Labute approximate surface area is 191 Å². The van der Waals surface area contributed by atoms with Gasteiger partial charge in [-0.05, 0) is 50.5 Å². The van der Waals surface area contributed by atoms with Crippen LogP contribution in [0.25, 0.3) is 0 Å². The van der Waals surface area contributed by atoms with Crippen molar-refractivity contribution in [2.75, 3.05) is 25.1 Å². The number of likely N-dealkylation sites (tertiary alicyclic amines) is 2. The van der Waals surface area contributed by atoms with Gasteiger partial charge in [0.1, 0.15) is 18.1 Å². The number of carbonyl (C=O) groups excluding carboxylic acids is 4. The van der Waals surface area contributed by atoms with Crippen LogP contribution in [0, 0.1) is 0 Å². The molecular weight excluding hydrogens is 438 g/mol. The average molecular weight is 472 g/mol. The molecule has 2 saturated heterocycles. The Hall–Kier alpha value is -2.34. The van der Waals surface area contributed by atoms with Gasteiger partial charge in [-0.1, -0.05) is 0 Å². The Morgan fingerprint density at radius 2 is 1.69 bits per heavy atom. The van der Waals surface area contributed by atoms with E-state index in [1.807, 2.05) is 6.26 Å². The molecule has 6 N–H and O–H groups in total. The largest absolute Gasteiger partial charge is 0.480 e. The first-order valence-electron chi connectivity index (χ1n) is 10.8. The van der Waals surface area contributed by atoms with Gasteiger partial charge in [-0.25, -0.2) is 4.79 Å². The van der Waals surface area contributed by atoms with E-state index in [9.17, 15) is 29.1 Å². The highest BCUT2D eigenvalue weighted by Crippen LogP contribution is 2.26. The summed E-state index contributed by atoms with van der Waals surface area (Å²) < 4.78 is 0. The number of nitrogens with two attached hydrogens (primary N) is 2. The van der Waals surface area contributed by atoms with Crippen LogP contribution in [0.3, 0.4) is 0 Å². The number of hydrogen-bond acceptors (Lipinski definition) is 7. The fraction of sp³-hybridized carbons (Fsp3) is 0.750. The van der Waals surface area contributed by atoms with Crippen LogP contribution in [-0.2, 0) is 24.0 Å². The summed E-state index contributed by atoms with van der Waals surface area (Å²) in [6, 6.07) is -3.43. The topological polar surface area (TPSA) is 176 Å². The van der Waals surface area contributed by atoms with Gasteiger partial charge in [0.2, 0.25) is 23.6 Å². The van der Waals surface area contributed by atoms with E-state index < -0.39 is 47.9 Å². The maximum atomic E-state index is 13.3. The third kappa shape index (κ3) is 6.58. The third-order valence-electron chi connectivity index (χ3n) is 5.90. The molecule has 0 aliphatic carbocycles. The van der Waals surface area contributed by atoms with Crippen LogP contribution in [0.2, 0.25) is 0 Å². The van der Waals surface area contributed by atoms with Crippen molar-refractivity contribution in [2.24, 2.45) is 11.5 Å². The van der Waals surface area contributed by atoms with Crippen LogP contribution < -0.4 is 16.8 Å². The van der Waals surface area contributed by atoms with E-state index in [0.717, 1.165) is 0 Å². The van der Waals surface area contributed by atoms with Crippen molar-refractivity contribution in [1.29, 1.82) is 0 Å². The second kappa shape index (κ2) is 12.0. The second-order valence-electron chi connectivity index (χ2n) is 8.17. The van der Waals surface area contributed by atoms with Gasteiger partial charge in [-0.3, -0.25) is 19.2 Å². The number of nitrogens with zero attached hydrogens (tertiary/aromatic N) is 2. The minimum Gasteiger partial charge on any atom is -0.480 e. The van der Waals surface area contributed by atoms with Gasteiger partial charge in [0.25, 0.3) is 0 Å². The monoisotopic (exact) mass is 471 g/mol. The Balaban J connectivity index is 2.05. The van der Waals surface area contributed by atoms with Crippen molar-refractivity contribution in [2.45, 2.75) is 69.1 Å². The van der Waals surface area contributed by atoms with Gasteiger partial charge >= 0.3 is 5.97 Å². The van der Waals surface area contributed by atoms with Crippen LogP contribution >= 0.6 is 11.8 Å². The lowest BCUT2D eigenvalue weighted by Gasteiger charge is -2.32. The maximum Gasteiger partial charge on any atom is 0.326 e.